The zero-order valence-electron chi connectivity index (χ0n) is 14.5. The summed E-state index contributed by atoms with van der Waals surface area (Å²) < 4.78 is 11.0. The first-order valence-corrected chi connectivity index (χ1v) is 9.12. The van der Waals surface area contributed by atoms with E-state index < -0.39 is 0 Å². The maximum absolute atomic E-state index is 12.5. The van der Waals surface area contributed by atoms with Gasteiger partial charge in [-0.1, -0.05) is 41.7 Å². The number of carbonyl (C=O) groups excluding carboxylic acids is 1. The Morgan fingerprint density at radius 1 is 1.04 bits per heavy atom. The number of furan rings is 1. The lowest BCUT2D eigenvalue weighted by Crippen LogP contribution is -2.11. The van der Waals surface area contributed by atoms with Crippen LogP contribution in [0.1, 0.15) is 10.4 Å². The molecule has 27 heavy (non-hydrogen) atoms. The number of para-hydroxylation sites is 1. The molecule has 134 valence electrons. The summed E-state index contributed by atoms with van der Waals surface area (Å²) in [7, 11) is 1.63. The van der Waals surface area contributed by atoms with Crippen LogP contribution in [0.2, 0.25) is 0 Å². The van der Waals surface area contributed by atoms with Crippen LogP contribution in [-0.4, -0.2) is 18.0 Å². The molecular weight excluding hydrogens is 360 g/mol. The average molecular weight is 376 g/mol. The van der Waals surface area contributed by atoms with Crippen molar-refractivity contribution < 1.29 is 13.9 Å². The second kappa shape index (κ2) is 7.47. The first-order valence-electron chi connectivity index (χ1n) is 8.31. The molecule has 0 fully saturated rings. The number of amides is 1. The highest BCUT2D eigenvalue weighted by atomic mass is 32.1. The number of thiazole rings is 1. The fraction of sp³-hybridized carbons (Fsp3) is 0.0476. The predicted octanol–water partition coefficient (Wildman–Crippen LogP) is 5.33. The molecule has 2 heterocycles. The van der Waals surface area contributed by atoms with Crippen LogP contribution < -0.4 is 10.1 Å². The Kier molecular flexibility index (Phi) is 4.72. The van der Waals surface area contributed by atoms with Crippen molar-refractivity contribution >= 4 is 22.4 Å². The number of methoxy groups -OCH3 is 1. The van der Waals surface area contributed by atoms with Crippen LogP contribution in [0, 0.1) is 0 Å². The Bertz CT molecular complexity index is 1060. The number of nitrogens with one attached hydrogen (secondary N) is 1. The number of anilines is 1. The minimum Gasteiger partial charge on any atom is -0.496 e. The highest BCUT2D eigenvalue weighted by molar-refractivity contribution is 7.19. The molecule has 6 heteroatoms. The lowest BCUT2D eigenvalue weighted by Gasteiger charge is -2.06. The van der Waals surface area contributed by atoms with Gasteiger partial charge in [-0.3, -0.25) is 10.1 Å². The number of rotatable bonds is 5. The summed E-state index contributed by atoms with van der Waals surface area (Å²) in [5.41, 5.74) is 2.13. The molecule has 4 rings (SSSR count). The Morgan fingerprint density at radius 3 is 2.56 bits per heavy atom. The van der Waals surface area contributed by atoms with E-state index in [4.69, 9.17) is 9.15 Å². The molecule has 5 nitrogen and oxygen atoms in total. The third-order valence-electron chi connectivity index (χ3n) is 3.99. The SMILES string of the molecule is COc1ccccc1-c1sc(NC(=O)c2ccccc2)nc1-c1ccco1. The van der Waals surface area contributed by atoms with E-state index in [2.05, 4.69) is 10.3 Å². The molecule has 0 aliphatic rings. The maximum Gasteiger partial charge on any atom is 0.257 e. The smallest absolute Gasteiger partial charge is 0.257 e. The van der Waals surface area contributed by atoms with Crippen molar-refractivity contribution in [2.75, 3.05) is 12.4 Å². The monoisotopic (exact) mass is 376 g/mol. The van der Waals surface area contributed by atoms with Gasteiger partial charge in [0.25, 0.3) is 5.91 Å². The van der Waals surface area contributed by atoms with Crippen LogP contribution in [0.5, 0.6) is 5.75 Å². The second-order valence-electron chi connectivity index (χ2n) is 5.69. The van der Waals surface area contributed by atoms with Crippen molar-refractivity contribution in [1.82, 2.24) is 4.98 Å². The van der Waals surface area contributed by atoms with Crippen LogP contribution in [0.25, 0.3) is 21.9 Å². The number of hydrogen-bond acceptors (Lipinski definition) is 5. The third kappa shape index (κ3) is 3.47. The number of carbonyl (C=O) groups is 1. The molecule has 4 aromatic rings. The lowest BCUT2D eigenvalue weighted by molar-refractivity contribution is 0.102. The number of nitrogens with zero attached hydrogens (tertiary/aromatic N) is 1. The van der Waals surface area contributed by atoms with Crippen LogP contribution >= 0.6 is 11.3 Å². The molecule has 1 N–H and O–H groups in total. The molecule has 0 radical (unpaired) electrons. The number of benzene rings is 2. The van der Waals surface area contributed by atoms with Crippen molar-refractivity contribution in [3.8, 4) is 27.6 Å². The van der Waals surface area contributed by atoms with Gasteiger partial charge in [0.2, 0.25) is 0 Å². The van der Waals surface area contributed by atoms with Gasteiger partial charge < -0.3 is 9.15 Å². The second-order valence-corrected chi connectivity index (χ2v) is 6.69. The summed E-state index contributed by atoms with van der Waals surface area (Å²) in [5.74, 6) is 1.16. The van der Waals surface area contributed by atoms with E-state index in [0.717, 1.165) is 16.2 Å². The Labute approximate surface area is 160 Å². The van der Waals surface area contributed by atoms with Crippen LogP contribution in [-0.2, 0) is 0 Å². The molecule has 0 saturated carbocycles. The van der Waals surface area contributed by atoms with Crippen molar-refractivity contribution in [2.24, 2.45) is 0 Å². The molecule has 0 unspecified atom stereocenters. The number of ether oxygens (including phenoxy) is 1. The highest BCUT2D eigenvalue weighted by Gasteiger charge is 2.20. The fourth-order valence-corrected chi connectivity index (χ4v) is 3.72. The summed E-state index contributed by atoms with van der Waals surface area (Å²) in [5, 5.41) is 3.37. The highest BCUT2D eigenvalue weighted by Crippen LogP contribution is 2.42. The molecule has 0 aliphatic carbocycles. The zero-order valence-corrected chi connectivity index (χ0v) is 15.3. The number of hydrogen-bond donors (Lipinski definition) is 1. The summed E-state index contributed by atoms with van der Waals surface area (Å²) in [6.45, 7) is 0. The van der Waals surface area contributed by atoms with Crippen molar-refractivity contribution in [3.05, 3.63) is 78.6 Å². The van der Waals surface area contributed by atoms with E-state index in [9.17, 15) is 4.79 Å². The van der Waals surface area contributed by atoms with Gasteiger partial charge in [0.15, 0.2) is 10.9 Å². The van der Waals surface area contributed by atoms with Gasteiger partial charge in [-0.15, -0.1) is 0 Å². The minimum atomic E-state index is -0.207. The van der Waals surface area contributed by atoms with Crippen molar-refractivity contribution in [3.63, 3.8) is 0 Å². The van der Waals surface area contributed by atoms with E-state index in [1.54, 1.807) is 25.5 Å². The van der Waals surface area contributed by atoms with E-state index in [1.165, 1.54) is 11.3 Å². The summed E-state index contributed by atoms with van der Waals surface area (Å²) in [6, 6.07) is 20.4. The molecular formula is C21H16N2O3S. The van der Waals surface area contributed by atoms with E-state index >= 15 is 0 Å². The first kappa shape index (κ1) is 17.1. The first-order chi connectivity index (χ1) is 13.3. The Hall–Kier alpha value is -3.38. The quantitative estimate of drug-likeness (QED) is 0.511. The van der Waals surface area contributed by atoms with Gasteiger partial charge in [0.1, 0.15) is 11.4 Å². The normalized spacial score (nSPS) is 10.6. The topological polar surface area (TPSA) is 64.4 Å². The van der Waals surface area contributed by atoms with Gasteiger partial charge in [-0.25, -0.2) is 4.98 Å². The number of aromatic nitrogens is 1. The Balaban J connectivity index is 1.76. The van der Waals surface area contributed by atoms with E-state index in [1.807, 2.05) is 54.6 Å². The standard InChI is InChI=1S/C21H16N2O3S/c1-25-16-11-6-5-10-15(16)19-18(17-12-7-13-26-17)22-21(27-19)23-20(24)14-8-3-2-4-9-14/h2-13H,1H3,(H,22,23,24). The van der Waals surface area contributed by atoms with Crippen LogP contribution in [0.3, 0.4) is 0 Å². The molecule has 2 aromatic carbocycles. The summed E-state index contributed by atoms with van der Waals surface area (Å²) in [4.78, 5) is 18.0. The molecule has 0 bridgehead atoms. The van der Waals surface area contributed by atoms with Crippen molar-refractivity contribution in [1.29, 1.82) is 0 Å². The zero-order chi connectivity index (χ0) is 18.6. The summed E-state index contributed by atoms with van der Waals surface area (Å²) in [6.07, 6.45) is 1.60. The molecule has 0 saturated heterocycles. The van der Waals surface area contributed by atoms with Gasteiger partial charge in [0.05, 0.1) is 18.3 Å². The fourth-order valence-electron chi connectivity index (χ4n) is 2.73. The molecule has 0 spiro atoms. The molecule has 2 aromatic heterocycles. The van der Waals surface area contributed by atoms with Gasteiger partial charge >= 0.3 is 0 Å². The van der Waals surface area contributed by atoms with Crippen LogP contribution in [0.15, 0.2) is 77.4 Å². The largest absolute Gasteiger partial charge is 0.496 e. The molecule has 1 amide bonds. The predicted molar refractivity (Wildman–Crippen MR) is 106 cm³/mol. The van der Waals surface area contributed by atoms with E-state index in [-0.39, 0.29) is 5.91 Å². The maximum atomic E-state index is 12.5. The van der Waals surface area contributed by atoms with Gasteiger partial charge in [0, 0.05) is 11.1 Å². The van der Waals surface area contributed by atoms with E-state index in [0.29, 0.717) is 22.1 Å². The molecule has 0 aliphatic heterocycles. The van der Waals surface area contributed by atoms with Gasteiger partial charge in [-0.2, -0.15) is 0 Å². The third-order valence-corrected chi connectivity index (χ3v) is 4.99. The van der Waals surface area contributed by atoms with Crippen molar-refractivity contribution in [2.45, 2.75) is 0 Å². The minimum absolute atomic E-state index is 0.207. The average Bonchev–Trinajstić information content (AvgIpc) is 3.38. The van der Waals surface area contributed by atoms with Gasteiger partial charge in [-0.05, 0) is 36.4 Å². The molecule has 0 atom stereocenters. The summed E-state index contributed by atoms with van der Waals surface area (Å²) >= 11 is 1.38. The van der Waals surface area contributed by atoms with Crippen LogP contribution in [0.4, 0.5) is 5.13 Å². The Morgan fingerprint density at radius 2 is 1.81 bits per heavy atom. The lowest BCUT2D eigenvalue weighted by atomic mass is 10.1.